The van der Waals surface area contributed by atoms with Gasteiger partial charge in [-0.25, -0.2) is 4.79 Å². The van der Waals surface area contributed by atoms with Gasteiger partial charge < -0.3 is 19.3 Å². The first-order valence-electron chi connectivity index (χ1n) is 15.7. The fraction of sp³-hybridized carbons (Fsp3) is 0.243. The number of carboxylic acids is 1. The van der Waals surface area contributed by atoms with E-state index in [1.165, 1.54) is 50.6 Å². The molecule has 2 heterocycles. The largest absolute Gasteiger partial charge is 0.493 e. The Morgan fingerprint density at radius 3 is 2.18 bits per heavy atom. The number of rotatable bonds is 12. The molecule has 4 aromatic carbocycles. The summed E-state index contributed by atoms with van der Waals surface area (Å²) in [6, 6.07) is 25.1. The standard InChI is InChI=1S/C37H33N3O10/c1-48-28-10-6-9-27(32(28)50-21-24-7-4-3-5-8-24)31-29-30(37(38-31,36(44)45)19-22-13-17-26(18-14-22)40(46)47)34(42)39(33(29)41)20-23-11-15-25(16-12-23)35(43)49-2/h3-18,29-31,38H,19-21H2,1-2H3,(H,44,45). The minimum atomic E-state index is -2.00. The molecule has 0 radical (unpaired) electrons. The van der Waals surface area contributed by atoms with Gasteiger partial charge in [-0.05, 0) is 34.9 Å². The molecule has 0 bridgehead atoms. The number of ether oxygens (including phenoxy) is 3. The van der Waals surface area contributed by atoms with Gasteiger partial charge in [-0.1, -0.05) is 66.7 Å². The summed E-state index contributed by atoms with van der Waals surface area (Å²) in [7, 11) is 2.72. The normalized spacial score (nSPS) is 21.1. The number of nitro benzene ring substituents is 1. The predicted octanol–water partition coefficient (Wildman–Crippen LogP) is 4.48. The summed E-state index contributed by atoms with van der Waals surface area (Å²) in [5.41, 5.74) is 0.332. The first-order valence-corrected chi connectivity index (χ1v) is 15.7. The van der Waals surface area contributed by atoms with E-state index in [0.29, 0.717) is 22.4 Å². The molecule has 0 aliphatic carbocycles. The van der Waals surface area contributed by atoms with Crippen LogP contribution >= 0.6 is 0 Å². The van der Waals surface area contributed by atoms with Crippen molar-refractivity contribution in [3.05, 3.63) is 135 Å². The van der Waals surface area contributed by atoms with Gasteiger partial charge >= 0.3 is 11.9 Å². The quantitative estimate of drug-likeness (QED) is 0.0935. The Kier molecular flexibility index (Phi) is 9.33. The fourth-order valence-corrected chi connectivity index (χ4v) is 6.85. The third-order valence-corrected chi connectivity index (χ3v) is 9.26. The Bertz CT molecular complexity index is 1950. The lowest BCUT2D eigenvalue weighted by molar-refractivity contribution is -0.384. The number of imide groups is 1. The number of non-ortho nitro benzene ring substituents is 1. The van der Waals surface area contributed by atoms with E-state index >= 15 is 0 Å². The summed E-state index contributed by atoms with van der Waals surface area (Å²) in [6.07, 6.45) is -0.261. The SMILES string of the molecule is COC(=O)c1ccc(CN2C(=O)C3C(c4cccc(OC)c4OCc4ccccc4)NC(Cc4ccc([N+](=O)[O-])cc4)(C(=O)O)C3C2=O)cc1. The molecule has 0 saturated carbocycles. The van der Waals surface area contributed by atoms with E-state index in [9.17, 15) is 34.4 Å². The number of carboxylic acid groups (broad SMARTS) is 1. The zero-order valence-corrected chi connectivity index (χ0v) is 27.1. The van der Waals surface area contributed by atoms with E-state index in [1.54, 1.807) is 30.3 Å². The Labute approximate surface area is 286 Å². The number of para-hydroxylation sites is 1. The van der Waals surface area contributed by atoms with Crippen molar-refractivity contribution in [2.75, 3.05) is 14.2 Å². The van der Waals surface area contributed by atoms with Gasteiger partial charge in [0.15, 0.2) is 11.5 Å². The molecular formula is C37H33N3O10. The smallest absolute Gasteiger partial charge is 0.337 e. The third-order valence-electron chi connectivity index (χ3n) is 9.26. The zero-order chi connectivity index (χ0) is 35.6. The Hall–Kier alpha value is -6.08. The van der Waals surface area contributed by atoms with Crippen molar-refractivity contribution in [3.8, 4) is 11.5 Å². The number of carbonyl (C=O) groups is 4. The second kappa shape index (κ2) is 13.8. The highest BCUT2D eigenvalue weighted by Crippen LogP contribution is 2.53. The van der Waals surface area contributed by atoms with Crippen molar-refractivity contribution < 1.29 is 43.4 Å². The number of fused-ring (bicyclic) bond motifs is 1. The number of amides is 2. The Morgan fingerprint density at radius 1 is 0.880 bits per heavy atom. The number of hydrogen-bond donors (Lipinski definition) is 2. The van der Waals surface area contributed by atoms with E-state index in [2.05, 4.69) is 5.32 Å². The van der Waals surface area contributed by atoms with Crippen molar-refractivity contribution in [1.29, 1.82) is 0 Å². The highest BCUT2D eigenvalue weighted by Gasteiger charge is 2.68. The Balaban J connectivity index is 1.43. The molecule has 4 unspecified atom stereocenters. The summed E-state index contributed by atoms with van der Waals surface area (Å²) in [5, 5.41) is 25.4. The van der Waals surface area contributed by atoms with Gasteiger partial charge in [0.05, 0.1) is 43.1 Å². The molecule has 4 aromatic rings. The molecular weight excluding hydrogens is 646 g/mol. The van der Waals surface area contributed by atoms with Crippen molar-refractivity contribution in [2.24, 2.45) is 11.8 Å². The number of hydrogen-bond acceptors (Lipinski definition) is 10. The van der Waals surface area contributed by atoms with Gasteiger partial charge in [0.1, 0.15) is 12.1 Å². The first kappa shape index (κ1) is 33.8. The maximum Gasteiger partial charge on any atom is 0.337 e. The van der Waals surface area contributed by atoms with Gasteiger partial charge in [-0.3, -0.25) is 34.7 Å². The number of likely N-dealkylation sites (tertiary alicyclic amines) is 1. The zero-order valence-electron chi connectivity index (χ0n) is 27.1. The molecule has 6 rings (SSSR count). The molecule has 0 aromatic heterocycles. The minimum Gasteiger partial charge on any atom is -0.493 e. The molecule has 2 fully saturated rings. The number of aliphatic carboxylic acids is 1. The number of nitro groups is 1. The predicted molar refractivity (Wildman–Crippen MR) is 177 cm³/mol. The van der Waals surface area contributed by atoms with Crippen LogP contribution in [-0.4, -0.2) is 58.4 Å². The molecule has 2 amide bonds. The van der Waals surface area contributed by atoms with Gasteiger partial charge in [0.2, 0.25) is 11.8 Å². The lowest BCUT2D eigenvalue weighted by Crippen LogP contribution is -2.57. The first-order chi connectivity index (χ1) is 24.1. The second-order valence-corrected chi connectivity index (χ2v) is 12.1. The highest BCUT2D eigenvalue weighted by molar-refractivity contribution is 6.09. The van der Waals surface area contributed by atoms with Crippen molar-refractivity contribution in [2.45, 2.75) is 31.2 Å². The van der Waals surface area contributed by atoms with Crippen LogP contribution < -0.4 is 14.8 Å². The van der Waals surface area contributed by atoms with Gasteiger partial charge in [0, 0.05) is 30.2 Å². The number of nitrogens with one attached hydrogen (secondary N) is 1. The summed E-state index contributed by atoms with van der Waals surface area (Å²) in [4.78, 5) is 65.9. The molecule has 0 spiro atoms. The summed E-state index contributed by atoms with van der Waals surface area (Å²) in [5.74, 6) is -5.09. The number of carbonyl (C=O) groups excluding carboxylic acids is 3. The molecule has 13 heteroatoms. The van der Waals surface area contributed by atoms with Crippen LogP contribution in [-0.2, 0) is 38.7 Å². The van der Waals surface area contributed by atoms with Crippen molar-refractivity contribution in [1.82, 2.24) is 10.2 Å². The molecule has 2 N–H and O–H groups in total. The van der Waals surface area contributed by atoms with Crippen LogP contribution in [0.15, 0.2) is 97.1 Å². The molecule has 2 aliphatic rings. The van der Waals surface area contributed by atoms with Crippen LogP contribution in [0.5, 0.6) is 11.5 Å². The molecule has 13 nitrogen and oxygen atoms in total. The van der Waals surface area contributed by atoms with Crippen LogP contribution in [0.1, 0.15) is 38.7 Å². The second-order valence-electron chi connectivity index (χ2n) is 12.1. The van der Waals surface area contributed by atoms with E-state index in [-0.39, 0.29) is 36.6 Å². The molecule has 2 saturated heterocycles. The highest BCUT2D eigenvalue weighted by atomic mass is 16.6. The Morgan fingerprint density at radius 2 is 1.56 bits per heavy atom. The summed E-state index contributed by atoms with van der Waals surface area (Å²) < 4.78 is 16.7. The number of nitrogens with zero attached hydrogens (tertiary/aromatic N) is 2. The molecule has 256 valence electrons. The maximum atomic E-state index is 14.4. The summed E-state index contributed by atoms with van der Waals surface area (Å²) in [6.45, 7) is -0.0238. The van der Waals surface area contributed by atoms with Crippen LogP contribution in [0.25, 0.3) is 0 Å². The molecule has 2 aliphatic heterocycles. The van der Waals surface area contributed by atoms with E-state index in [0.717, 1.165) is 10.5 Å². The lowest BCUT2D eigenvalue weighted by atomic mass is 9.76. The lowest BCUT2D eigenvalue weighted by Gasteiger charge is -2.31. The average molecular weight is 680 g/mol. The van der Waals surface area contributed by atoms with E-state index < -0.39 is 52.1 Å². The van der Waals surface area contributed by atoms with Gasteiger partial charge in [-0.2, -0.15) is 0 Å². The van der Waals surface area contributed by atoms with Crippen molar-refractivity contribution >= 4 is 29.4 Å². The minimum absolute atomic E-state index is 0.141. The third kappa shape index (κ3) is 6.14. The average Bonchev–Trinajstić information content (AvgIpc) is 3.60. The van der Waals surface area contributed by atoms with Crippen LogP contribution in [0, 0.1) is 22.0 Å². The van der Waals surface area contributed by atoms with Gasteiger partial charge in [0.25, 0.3) is 5.69 Å². The molecule has 4 atom stereocenters. The summed E-state index contributed by atoms with van der Waals surface area (Å²) >= 11 is 0. The monoisotopic (exact) mass is 679 g/mol. The van der Waals surface area contributed by atoms with Crippen molar-refractivity contribution in [3.63, 3.8) is 0 Å². The number of benzene rings is 4. The van der Waals surface area contributed by atoms with Crippen LogP contribution in [0.4, 0.5) is 5.69 Å². The van der Waals surface area contributed by atoms with Crippen LogP contribution in [0.3, 0.4) is 0 Å². The topological polar surface area (TPSA) is 175 Å². The van der Waals surface area contributed by atoms with Gasteiger partial charge in [-0.15, -0.1) is 0 Å². The van der Waals surface area contributed by atoms with E-state index in [1.807, 2.05) is 30.3 Å². The fourth-order valence-electron chi connectivity index (χ4n) is 6.85. The van der Waals surface area contributed by atoms with Crippen LogP contribution in [0.2, 0.25) is 0 Å². The number of methoxy groups -OCH3 is 2. The molecule has 50 heavy (non-hydrogen) atoms. The number of esters is 1. The van der Waals surface area contributed by atoms with E-state index in [4.69, 9.17) is 14.2 Å². The maximum absolute atomic E-state index is 14.4.